The van der Waals surface area contributed by atoms with E-state index in [-0.39, 0.29) is 0 Å². The second kappa shape index (κ2) is 11.1. The highest BCUT2D eigenvalue weighted by molar-refractivity contribution is 6.30. The molecule has 0 amide bonds. The van der Waals surface area contributed by atoms with Gasteiger partial charge in [0.2, 0.25) is 0 Å². The van der Waals surface area contributed by atoms with Crippen molar-refractivity contribution in [3.8, 4) is 0 Å². The van der Waals surface area contributed by atoms with Crippen molar-refractivity contribution in [1.82, 2.24) is 10.2 Å². The lowest BCUT2D eigenvalue weighted by Gasteiger charge is -2.30. The van der Waals surface area contributed by atoms with Gasteiger partial charge >= 0.3 is 0 Å². The first-order chi connectivity index (χ1) is 10.2. The largest absolute Gasteiger partial charge is 0.315 e. The molecule has 0 aliphatic carbocycles. The van der Waals surface area contributed by atoms with Crippen LogP contribution in [0.4, 0.5) is 0 Å². The van der Waals surface area contributed by atoms with Crippen LogP contribution in [0, 0.1) is 0 Å². The molecular formula is C18H31ClN2. The molecule has 0 aromatic heterocycles. The lowest BCUT2D eigenvalue weighted by Crippen LogP contribution is -2.36. The monoisotopic (exact) mass is 310 g/mol. The second-order valence-corrected chi connectivity index (χ2v) is 5.99. The van der Waals surface area contributed by atoms with E-state index >= 15 is 0 Å². The first-order valence-electron chi connectivity index (χ1n) is 8.43. The van der Waals surface area contributed by atoms with Gasteiger partial charge in [-0.05, 0) is 43.8 Å². The van der Waals surface area contributed by atoms with E-state index in [0.29, 0.717) is 6.04 Å². The van der Waals surface area contributed by atoms with Gasteiger partial charge in [0.1, 0.15) is 0 Å². The molecule has 3 heteroatoms. The molecule has 120 valence electrons. The molecule has 0 aliphatic heterocycles. The fourth-order valence-corrected chi connectivity index (χ4v) is 2.85. The van der Waals surface area contributed by atoms with E-state index in [2.05, 4.69) is 43.1 Å². The highest BCUT2D eigenvalue weighted by Gasteiger charge is 2.17. The van der Waals surface area contributed by atoms with Crippen LogP contribution in [0.2, 0.25) is 5.02 Å². The van der Waals surface area contributed by atoms with Crippen molar-refractivity contribution in [3.63, 3.8) is 0 Å². The maximum atomic E-state index is 6.01. The number of hydrogen-bond donors (Lipinski definition) is 1. The SMILES string of the molecule is CCCCCCNCC(c1ccc(Cl)cc1)N(CC)CC. The van der Waals surface area contributed by atoms with Crippen molar-refractivity contribution < 1.29 is 0 Å². The Bertz CT molecular complexity index is 360. The van der Waals surface area contributed by atoms with Gasteiger partial charge in [0.25, 0.3) is 0 Å². The summed E-state index contributed by atoms with van der Waals surface area (Å²) < 4.78 is 0. The number of benzene rings is 1. The number of unbranched alkanes of at least 4 members (excludes halogenated alkanes) is 3. The zero-order valence-corrected chi connectivity index (χ0v) is 14.6. The van der Waals surface area contributed by atoms with Crippen LogP contribution >= 0.6 is 11.6 Å². The van der Waals surface area contributed by atoms with Crippen molar-refractivity contribution in [3.05, 3.63) is 34.9 Å². The normalized spacial score (nSPS) is 12.8. The van der Waals surface area contributed by atoms with Crippen molar-refractivity contribution in [2.45, 2.75) is 52.5 Å². The van der Waals surface area contributed by atoms with Crippen molar-refractivity contribution >= 4 is 11.6 Å². The molecule has 0 bridgehead atoms. The van der Waals surface area contributed by atoms with E-state index in [4.69, 9.17) is 11.6 Å². The van der Waals surface area contributed by atoms with Gasteiger partial charge in [-0.2, -0.15) is 0 Å². The molecular weight excluding hydrogens is 280 g/mol. The van der Waals surface area contributed by atoms with Crippen LogP contribution in [0.5, 0.6) is 0 Å². The van der Waals surface area contributed by atoms with E-state index in [1.165, 1.54) is 31.2 Å². The van der Waals surface area contributed by atoms with Crippen LogP contribution in [0.3, 0.4) is 0 Å². The molecule has 0 heterocycles. The second-order valence-electron chi connectivity index (χ2n) is 5.55. The molecule has 1 unspecified atom stereocenters. The molecule has 0 aliphatic rings. The third-order valence-corrected chi connectivity index (χ3v) is 4.30. The van der Waals surface area contributed by atoms with Gasteiger partial charge in [-0.25, -0.2) is 0 Å². The lowest BCUT2D eigenvalue weighted by molar-refractivity contribution is 0.213. The minimum Gasteiger partial charge on any atom is -0.315 e. The third-order valence-electron chi connectivity index (χ3n) is 4.05. The van der Waals surface area contributed by atoms with Crippen LogP contribution in [0.25, 0.3) is 0 Å². The van der Waals surface area contributed by atoms with Gasteiger partial charge in [0.15, 0.2) is 0 Å². The Morgan fingerprint density at radius 1 is 1.00 bits per heavy atom. The highest BCUT2D eigenvalue weighted by Crippen LogP contribution is 2.21. The maximum Gasteiger partial charge on any atom is 0.0472 e. The molecule has 0 fully saturated rings. The van der Waals surface area contributed by atoms with E-state index in [1.54, 1.807) is 0 Å². The van der Waals surface area contributed by atoms with E-state index < -0.39 is 0 Å². The summed E-state index contributed by atoms with van der Waals surface area (Å²) in [6.45, 7) is 11.0. The third kappa shape index (κ3) is 6.82. The van der Waals surface area contributed by atoms with Gasteiger partial charge in [-0.3, -0.25) is 4.90 Å². The summed E-state index contributed by atoms with van der Waals surface area (Å²) in [4.78, 5) is 2.50. The maximum absolute atomic E-state index is 6.01. The Morgan fingerprint density at radius 3 is 2.24 bits per heavy atom. The molecule has 0 spiro atoms. The summed E-state index contributed by atoms with van der Waals surface area (Å²) in [5.41, 5.74) is 1.35. The molecule has 1 N–H and O–H groups in total. The summed E-state index contributed by atoms with van der Waals surface area (Å²) in [7, 11) is 0. The summed E-state index contributed by atoms with van der Waals surface area (Å²) in [6, 6.07) is 8.74. The van der Waals surface area contributed by atoms with Crippen LogP contribution in [-0.2, 0) is 0 Å². The zero-order chi connectivity index (χ0) is 15.5. The number of nitrogens with zero attached hydrogens (tertiary/aromatic N) is 1. The van der Waals surface area contributed by atoms with Crippen molar-refractivity contribution in [2.24, 2.45) is 0 Å². The van der Waals surface area contributed by atoms with E-state index in [1.807, 2.05) is 12.1 Å². The van der Waals surface area contributed by atoms with Gasteiger partial charge in [-0.15, -0.1) is 0 Å². The fourth-order valence-electron chi connectivity index (χ4n) is 2.72. The Balaban J connectivity index is 2.55. The van der Waals surface area contributed by atoms with Crippen LogP contribution < -0.4 is 5.32 Å². The molecule has 1 aromatic rings. The number of likely N-dealkylation sites (N-methyl/N-ethyl adjacent to an activating group) is 1. The van der Waals surface area contributed by atoms with Crippen molar-refractivity contribution in [2.75, 3.05) is 26.2 Å². The molecule has 0 saturated carbocycles. The number of rotatable bonds is 11. The first-order valence-corrected chi connectivity index (χ1v) is 8.80. The Labute approximate surface area is 135 Å². The Kier molecular flexibility index (Phi) is 9.73. The van der Waals surface area contributed by atoms with E-state index in [9.17, 15) is 0 Å². The smallest absolute Gasteiger partial charge is 0.0472 e. The molecule has 0 saturated heterocycles. The quantitative estimate of drug-likeness (QED) is 0.585. The highest BCUT2D eigenvalue weighted by atomic mass is 35.5. The average Bonchev–Trinajstić information content (AvgIpc) is 2.51. The summed E-state index contributed by atoms with van der Waals surface area (Å²) >= 11 is 6.01. The van der Waals surface area contributed by atoms with Gasteiger partial charge in [0.05, 0.1) is 0 Å². The topological polar surface area (TPSA) is 15.3 Å². The van der Waals surface area contributed by atoms with Crippen LogP contribution in [0.15, 0.2) is 24.3 Å². The zero-order valence-electron chi connectivity index (χ0n) is 13.9. The van der Waals surface area contributed by atoms with E-state index in [0.717, 1.165) is 31.2 Å². The van der Waals surface area contributed by atoms with Gasteiger partial charge in [-0.1, -0.05) is 63.8 Å². The number of hydrogen-bond acceptors (Lipinski definition) is 2. The molecule has 21 heavy (non-hydrogen) atoms. The molecule has 1 aromatic carbocycles. The van der Waals surface area contributed by atoms with Crippen LogP contribution in [0.1, 0.15) is 58.1 Å². The summed E-state index contributed by atoms with van der Waals surface area (Å²) in [5.74, 6) is 0. The number of halogens is 1. The predicted octanol–water partition coefficient (Wildman–Crippen LogP) is 4.89. The predicted molar refractivity (Wildman–Crippen MR) is 94.1 cm³/mol. The minimum atomic E-state index is 0.434. The van der Waals surface area contributed by atoms with Crippen LogP contribution in [-0.4, -0.2) is 31.1 Å². The molecule has 1 rings (SSSR count). The summed E-state index contributed by atoms with van der Waals surface area (Å²) in [5, 5.41) is 4.44. The fraction of sp³-hybridized carbons (Fsp3) is 0.667. The lowest BCUT2D eigenvalue weighted by atomic mass is 10.0. The molecule has 1 atom stereocenters. The van der Waals surface area contributed by atoms with Crippen molar-refractivity contribution in [1.29, 1.82) is 0 Å². The molecule has 0 radical (unpaired) electrons. The first kappa shape index (κ1) is 18.5. The van der Waals surface area contributed by atoms with Gasteiger partial charge in [0, 0.05) is 17.6 Å². The Morgan fingerprint density at radius 2 is 1.67 bits per heavy atom. The van der Waals surface area contributed by atoms with Gasteiger partial charge < -0.3 is 5.32 Å². The number of nitrogens with one attached hydrogen (secondary N) is 1. The average molecular weight is 311 g/mol. The molecule has 2 nitrogen and oxygen atoms in total. The standard InChI is InChI=1S/C18H31ClN2/c1-4-7-8-9-14-20-15-18(21(5-2)6-3)16-10-12-17(19)13-11-16/h10-13,18,20H,4-9,14-15H2,1-3H3. The summed E-state index contributed by atoms with van der Waals surface area (Å²) in [6.07, 6.45) is 5.25. The minimum absolute atomic E-state index is 0.434. The Hall–Kier alpha value is -0.570.